The average molecular weight is 423 g/mol. The van der Waals surface area contributed by atoms with Gasteiger partial charge < -0.3 is 26.2 Å². The van der Waals surface area contributed by atoms with E-state index in [0.717, 1.165) is 20.5 Å². The van der Waals surface area contributed by atoms with Gasteiger partial charge in [-0.25, -0.2) is 30.0 Å². The molecule has 7 nitrogen and oxygen atoms in total. The van der Waals surface area contributed by atoms with Crippen LogP contribution in [0.4, 0.5) is 0 Å². The topological polar surface area (TPSA) is 101 Å². The molecule has 0 N–H and O–H groups in total. The van der Waals surface area contributed by atoms with Gasteiger partial charge in [-0.2, -0.15) is 0 Å². The molecular weight excluding hydrogens is 409 g/mol. The van der Waals surface area contributed by atoms with Crippen LogP contribution in [0.2, 0.25) is 0 Å². The molecule has 129 valence electrons. The third-order valence-electron chi connectivity index (χ3n) is 1.77. The van der Waals surface area contributed by atoms with Crippen molar-refractivity contribution in [3.05, 3.63) is 46.0 Å². The summed E-state index contributed by atoms with van der Waals surface area (Å²) in [5, 5.41) is 0. The molecule has 0 aromatic rings. The second-order valence-electron chi connectivity index (χ2n) is 3.50. The summed E-state index contributed by atoms with van der Waals surface area (Å²) in [6.45, 7) is 0. The van der Waals surface area contributed by atoms with Crippen molar-refractivity contribution in [2.75, 3.05) is 20.5 Å². The number of hydrogen-bond donors (Lipinski definition) is 0. The Labute approximate surface area is 157 Å². The number of sulfonamides is 1. The molecule has 0 heterocycles. The number of esters is 2. The van der Waals surface area contributed by atoms with E-state index in [1.165, 1.54) is 0 Å². The molecule has 1 fully saturated rings. The van der Waals surface area contributed by atoms with Gasteiger partial charge in [0.25, 0.3) is 0 Å². The van der Waals surface area contributed by atoms with Gasteiger partial charge in [-0.3, -0.25) is 0 Å². The van der Waals surface area contributed by atoms with Gasteiger partial charge in [0.1, 0.15) is 0 Å². The quantitative estimate of drug-likeness (QED) is 0.280. The molecule has 11 heteroatoms. The first-order valence-electron chi connectivity index (χ1n) is 5.56. The van der Waals surface area contributed by atoms with Crippen LogP contribution in [0, 0.1) is 32.1 Å². The van der Waals surface area contributed by atoms with Gasteiger partial charge in [0.2, 0.25) is 0 Å². The monoisotopic (exact) mass is 423 g/mol. The van der Waals surface area contributed by atoms with Crippen molar-refractivity contribution in [3.63, 3.8) is 0 Å². The molecule has 0 aromatic carbocycles. The Kier molecular flexibility index (Phi) is 14.1. The predicted octanol–water partition coefficient (Wildman–Crippen LogP) is 1.09. The fourth-order valence-corrected chi connectivity index (χ4v) is 2.32. The van der Waals surface area contributed by atoms with Gasteiger partial charge >= 0.3 is 28.7 Å². The maximum atomic E-state index is 11.3. The summed E-state index contributed by atoms with van der Waals surface area (Å²) >= 11 is 4.89. The Morgan fingerprint density at radius 2 is 1.39 bits per heavy atom. The molecule has 0 bridgehead atoms. The van der Waals surface area contributed by atoms with Crippen molar-refractivity contribution in [2.45, 2.75) is 0 Å². The van der Waals surface area contributed by atoms with Gasteiger partial charge in [-0.15, -0.1) is 0 Å². The summed E-state index contributed by atoms with van der Waals surface area (Å²) in [4.78, 5) is 21.5. The SMILES string of the molecule is COC(=O)/C([S-])=C(/S[N-]S(C)(=O)=O)C(=O)OC.[CH]1[CH][CH][CH][CH]1.[Co+3]. The van der Waals surface area contributed by atoms with Gasteiger partial charge in [0, 0.05) is 6.26 Å². The van der Waals surface area contributed by atoms with Crippen LogP contribution in [0.25, 0.3) is 4.13 Å². The van der Waals surface area contributed by atoms with E-state index in [0.29, 0.717) is 0 Å². The summed E-state index contributed by atoms with van der Waals surface area (Å²) in [5.41, 5.74) is 0. The molecule has 1 aliphatic carbocycles. The number of methoxy groups -OCH3 is 2. The minimum atomic E-state index is -3.68. The molecule has 23 heavy (non-hydrogen) atoms. The first-order chi connectivity index (χ1) is 10.2. The van der Waals surface area contributed by atoms with E-state index in [2.05, 4.69) is 26.2 Å². The smallest absolute Gasteiger partial charge is 0.772 e. The Morgan fingerprint density at radius 3 is 1.70 bits per heavy atom. The number of rotatable bonds is 5. The van der Waals surface area contributed by atoms with Crippen molar-refractivity contribution >= 4 is 46.5 Å². The normalized spacial score (nSPS) is 14.6. The molecule has 0 unspecified atom stereocenters. The van der Waals surface area contributed by atoms with E-state index in [1.54, 1.807) is 0 Å². The van der Waals surface area contributed by atoms with Crippen molar-refractivity contribution in [1.29, 1.82) is 0 Å². The minimum absolute atomic E-state index is 0. The van der Waals surface area contributed by atoms with Crippen molar-refractivity contribution in [3.8, 4) is 0 Å². The van der Waals surface area contributed by atoms with Crippen molar-refractivity contribution in [1.82, 2.24) is 0 Å². The molecule has 0 atom stereocenters. The van der Waals surface area contributed by atoms with Gasteiger partial charge in [-0.1, -0.05) is 4.91 Å². The molecule has 0 saturated heterocycles. The fraction of sp³-hybridized carbons (Fsp3) is 0.250. The standard InChI is InChI=1S/C7H10NO6S3.C5H5.Co/c1-13-6(9)4(15)5(7(10)14-2)16-8-17(3,11)12;1-2-4-5-3-1;/h1-3H3,(H,10,15);1-5H;/q-1;;+3/p-1. The van der Waals surface area contributed by atoms with Crippen LogP contribution in [0.1, 0.15) is 0 Å². The molecular formula is C12H14CoNO6S3+. The van der Waals surface area contributed by atoms with E-state index >= 15 is 0 Å². The molecule has 1 saturated carbocycles. The fourth-order valence-electron chi connectivity index (χ4n) is 0.875. The second-order valence-corrected chi connectivity index (χ2v) is 6.56. The Bertz CT molecular complexity index is 509. The van der Waals surface area contributed by atoms with Crippen LogP contribution < -0.4 is 0 Å². The maximum Gasteiger partial charge on any atom is 3.00 e. The van der Waals surface area contributed by atoms with E-state index < -0.39 is 31.8 Å². The number of nitrogens with zero attached hydrogens (tertiary/aromatic N) is 1. The van der Waals surface area contributed by atoms with Crippen LogP contribution in [-0.2, 0) is 58.5 Å². The number of carbonyl (C=O) groups excluding carboxylic acids is 2. The molecule has 0 aliphatic heterocycles. The summed E-state index contributed by atoms with van der Waals surface area (Å²) in [7, 11) is -1.55. The molecule has 5 radical (unpaired) electrons. The summed E-state index contributed by atoms with van der Waals surface area (Å²) in [5.74, 6) is -1.91. The Morgan fingerprint density at radius 1 is 1.00 bits per heavy atom. The maximum absolute atomic E-state index is 11.3. The van der Waals surface area contributed by atoms with Crippen LogP contribution in [0.5, 0.6) is 0 Å². The Hall–Kier alpha value is -0.334. The molecule has 1 aliphatic rings. The van der Waals surface area contributed by atoms with Gasteiger partial charge in [0.05, 0.1) is 29.1 Å². The number of carbonyl (C=O) groups is 2. The third-order valence-corrected chi connectivity index (χ3v) is 4.20. The van der Waals surface area contributed by atoms with E-state index in [1.807, 2.05) is 32.1 Å². The molecule has 0 spiro atoms. The van der Waals surface area contributed by atoms with Gasteiger partial charge in [0.15, 0.2) is 0 Å². The van der Waals surface area contributed by atoms with Crippen LogP contribution in [0.3, 0.4) is 0 Å². The second kappa shape index (κ2) is 13.0. The number of ether oxygens (including phenoxy) is 2. The van der Waals surface area contributed by atoms with Gasteiger partial charge in [-0.05, 0) is 32.1 Å². The first kappa shape index (κ1) is 24.9. The van der Waals surface area contributed by atoms with Crippen LogP contribution in [0.15, 0.2) is 9.81 Å². The zero-order valence-electron chi connectivity index (χ0n) is 12.3. The van der Waals surface area contributed by atoms with Crippen molar-refractivity contribution in [2.24, 2.45) is 0 Å². The molecule has 1 rings (SSSR count). The van der Waals surface area contributed by atoms with Crippen LogP contribution in [-0.4, -0.2) is 40.8 Å². The predicted molar refractivity (Wildman–Crippen MR) is 85.7 cm³/mol. The van der Waals surface area contributed by atoms with E-state index in [9.17, 15) is 18.0 Å². The van der Waals surface area contributed by atoms with E-state index in [4.69, 9.17) is 0 Å². The van der Waals surface area contributed by atoms with Crippen LogP contribution >= 0.6 is 11.9 Å². The average Bonchev–Trinajstić information content (AvgIpc) is 3.04. The molecule has 0 amide bonds. The zero-order valence-corrected chi connectivity index (χ0v) is 15.8. The minimum Gasteiger partial charge on any atom is -0.772 e. The third kappa shape index (κ3) is 11.8. The van der Waals surface area contributed by atoms with E-state index in [-0.39, 0.29) is 28.7 Å². The van der Waals surface area contributed by atoms with Crippen molar-refractivity contribution < 1.29 is 44.3 Å². The first-order valence-corrected chi connectivity index (χ1v) is 8.59. The summed E-state index contributed by atoms with van der Waals surface area (Å²) in [6, 6.07) is 0. The Balaban J connectivity index is 0. The number of hydrogen-bond acceptors (Lipinski definition) is 8. The summed E-state index contributed by atoms with van der Waals surface area (Å²) in [6.07, 6.45) is 10.8. The largest absolute Gasteiger partial charge is 3.00 e. The zero-order chi connectivity index (χ0) is 17.2. The molecule has 0 aromatic heterocycles. The summed E-state index contributed by atoms with van der Waals surface area (Å²) < 4.78 is 33.4.